The molecule has 2 fully saturated rings. The lowest BCUT2D eigenvalue weighted by Crippen LogP contribution is -2.28. The molecule has 0 bridgehead atoms. The zero-order chi connectivity index (χ0) is 18.3. The van der Waals surface area contributed by atoms with Gasteiger partial charge in [-0.05, 0) is 48.9 Å². The Morgan fingerprint density at radius 3 is 3.00 bits per heavy atom. The smallest absolute Gasteiger partial charge is 0.246 e. The van der Waals surface area contributed by atoms with Crippen molar-refractivity contribution in [3.05, 3.63) is 22.2 Å². The van der Waals surface area contributed by atoms with Crippen LogP contribution in [0.15, 0.2) is 18.5 Å². The fourth-order valence-electron chi connectivity index (χ4n) is 3.44. The third-order valence-electron chi connectivity index (χ3n) is 5.12. The zero-order valence-electron chi connectivity index (χ0n) is 14.7. The standard InChI is InChI=1S/C17H22IN7O/c1-23(11-4-5-11)7-2-3-13(26)24-8-6-12(9-24)25-17-14(15(18)22-25)16(19)20-10-21-17/h2-3,10-12H,4-9H2,1H3,(H2,19,20,21). The lowest BCUT2D eigenvalue weighted by atomic mass is 10.2. The van der Waals surface area contributed by atoms with Crippen molar-refractivity contribution in [1.82, 2.24) is 29.5 Å². The summed E-state index contributed by atoms with van der Waals surface area (Å²) in [4.78, 5) is 25.0. The second kappa shape index (κ2) is 7.10. The van der Waals surface area contributed by atoms with Crippen molar-refractivity contribution in [3.63, 3.8) is 0 Å². The Morgan fingerprint density at radius 2 is 2.23 bits per heavy atom. The van der Waals surface area contributed by atoms with E-state index in [0.717, 1.165) is 34.2 Å². The molecular formula is C17H22IN7O. The second-order valence-electron chi connectivity index (χ2n) is 6.99. The van der Waals surface area contributed by atoms with Crippen LogP contribution < -0.4 is 5.73 Å². The van der Waals surface area contributed by atoms with E-state index in [1.54, 1.807) is 6.08 Å². The molecular weight excluding hydrogens is 445 g/mol. The van der Waals surface area contributed by atoms with E-state index in [4.69, 9.17) is 5.73 Å². The Bertz CT molecular complexity index is 860. The van der Waals surface area contributed by atoms with Gasteiger partial charge in [0.1, 0.15) is 15.8 Å². The normalized spacial score (nSPS) is 20.7. The Hall–Kier alpha value is -1.75. The number of hydrogen-bond donors (Lipinski definition) is 1. The number of hydrogen-bond acceptors (Lipinski definition) is 6. The third kappa shape index (κ3) is 3.41. The summed E-state index contributed by atoms with van der Waals surface area (Å²) in [5.41, 5.74) is 6.70. The van der Waals surface area contributed by atoms with Gasteiger partial charge in [-0.2, -0.15) is 5.10 Å². The first-order valence-corrected chi connectivity index (χ1v) is 9.92. The highest BCUT2D eigenvalue weighted by molar-refractivity contribution is 14.1. The number of carbonyl (C=O) groups is 1. The van der Waals surface area contributed by atoms with Crippen LogP contribution in [-0.2, 0) is 4.79 Å². The molecule has 1 saturated carbocycles. The van der Waals surface area contributed by atoms with E-state index in [1.165, 1.54) is 19.2 Å². The van der Waals surface area contributed by atoms with Crippen molar-refractivity contribution in [2.75, 3.05) is 32.4 Å². The molecule has 9 heteroatoms. The van der Waals surface area contributed by atoms with Crippen LogP contribution in [0, 0.1) is 3.70 Å². The molecule has 2 aliphatic rings. The van der Waals surface area contributed by atoms with Crippen molar-refractivity contribution in [1.29, 1.82) is 0 Å². The van der Waals surface area contributed by atoms with Gasteiger partial charge < -0.3 is 10.6 Å². The van der Waals surface area contributed by atoms with E-state index in [0.29, 0.717) is 18.4 Å². The molecule has 0 radical (unpaired) electrons. The monoisotopic (exact) mass is 467 g/mol. The Labute approximate surface area is 165 Å². The molecule has 2 aromatic heterocycles. The Kier molecular flexibility index (Phi) is 4.82. The minimum Gasteiger partial charge on any atom is -0.383 e. The van der Waals surface area contributed by atoms with Crippen LogP contribution in [0.4, 0.5) is 5.82 Å². The second-order valence-corrected chi connectivity index (χ2v) is 8.01. The predicted octanol–water partition coefficient (Wildman–Crippen LogP) is 1.44. The van der Waals surface area contributed by atoms with Crippen molar-refractivity contribution in [2.45, 2.75) is 31.3 Å². The van der Waals surface area contributed by atoms with Crippen LogP contribution in [-0.4, -0.2) is 68.2 Å². The minimum absolute atomic E-state index is 0.0667. The van der Waals surface area contributed by atoms with E-state index >= 15 is 0 Å². The summed E-state index contributed by atoms with van der Waals surface area (Å²) in [5, 5.41) is 5.39. The number of rotatable bonds is 5. The maximum absolute atomic E-state index is 12.5. The summed E-state index contributed by atoms with van der Waals surface area (Å²) in [6, 6.07) is 0.817. The number of likely N-dealkylation sites (tertiary alicyclic amines) is 1. The number of anilines is 1. The molecule has 1 atom stereocenters. The van der Waals surface area contributed by atoms with Gasteiger partial charge in [-0.15, -0.1) is 0 Å². The van der Waals surface area contributed by atoms with Gasteiger partial charge >= 0.3 is 0 Å². The van der Waals surface area contributed by atoms with E-state index in [1.807, 2.05) is 15.7 Å². The molecule has 0 aromatic carbocycles. The highest BCUT2D eigenvalue weighted by Gasteiger charge is 2.29. The summed E-state index contributed by atoms with van der Waals surface area (Å²) in [6.45, 7) is 2.19. The summed E-state index contributed by atoms with van der Waals surface area (Å²) in [6.07, 6.45) is 8.54. The van der Waals surface area contributed by atoms with E-state index in [9.17, 15) is 4.79 Å². The van der Waals surface area contributed by atoms with Crippen LogP contribution in [0.1, 0.15) is 25.3 Å². The van der Waals surface area contributed by atoms with E-state index in [-0.39, 0.29) is 11.9 Å². The Morgan fingerprint density at radius 1 is 1.42 bits per heavy atom. The maximum Gasteiger partial charge on any atom is 0.246 e. The fraction of sp³-hybridized carbons (Fsp3) is 0.529. The van der Waals surface area contributed by atoms with Gasteiger partial charge in [0.25, 0.3) is 0 Å². The molecule has 0 spiro atoms. The minimum atomic E-state index is 0.0667. The number of fused-ring (bicyclic) bond motifs is 1. The summed E-state index contributed by atoms with van der Waals surface area (Å²) in [5.74, 6) is 0.510. The lowest BCUT2D eigenvalue weighted by molar-refractivity contribution is -0.125. The largest absolute Gasteiger partial charge is 0.383 e. The average Bonchev–Trinajstić information content (AvgIpc) is 3.26. The van der Waals surface area contributed by atoms with Crippen LogP contribution in [0.2, 0.25) is 0 Å². The molecule has 26 heavy (non-hydrogen) atoms. The SMILES string of the molecule is CN(CC=CC(=O)N1CCC(n2nc(I)c3c(N)ncnc32)C1)C1CC1. The zero-order valence-corrected chi connectivity index (χ0v) is 16.8. The van der Waals surface area contributed by atoms with E-state index < -0.39 is 0 Å². The van der Waals surface area contributed by atoms with Crippen molar-refractivity contribution in [2.24, 2.45) is 0 Å². The number of amides is 1. The first-order chi connectivity index (χ1) is 12.5. The fourth-order valence-corrected chi connectivity index (χ4v) is 4.19. The third-order valence-corrected chi connectivity index (χ3v) is 5.88. The summed E-state index contributed by atoms with van der Waals surface area (Å²) >= 11 is 2.16. The van der Waals surface area contributed by atoms with Crippen molar-refractivity contribution < 1.29 is 4.79 Å². The number of likely N-dealkylation sites (N-methyl/N-ethyl adjacent to an activating group) is 1. The number of carbonyl (C=O) groups excluding carboxylic acids is 1. The summed E-state index contributed by atoms with van der Waals surface area (Å²) < 4.78 is 2.69. The number of aromatic nitrogens is 4. The molecule has 3 heterocycles. The van der Waals surface area contributed by atoms with Gasteiger partial charge in [0, 0.05) is 31.8 Å². The number of nitrogens with zero attached hydrogens (tertiary/aromatic N) is 6. The van der Waals surface area contributed by atoms with Gasteiger partial charge in [0.2, 0.25) is 5.91 Å². The highest BCUT2D eigenvalue weighted by Crippen LogP contribution is 2.29. The molecule has 1 amide bonds. The number of halogens is 1. The molecule has 1 aliphatic carbocycles. The van der Waals surface area contributed by atoms with Crippen LogP contribution in [0.25, 0.3) is 11.0 Å². The summed E-state index contributed by atoms with van der Waals surface area (Å²) in [7, 11) is 2.11. The number of nitrogen functional groups attached to an aromatic ring is 1. The molecule has 4 rings (SSSR count). The molecule has 1 aliphatic heterocycles. The van der Waals surface area contributed by atoms with Crippen LogP contribution in [0.3, 0.4) is 0 Å². The first-order valence-electron chi connectivity index (χ1n) is 8.84. The quantitative estimate of drug-likeness (QED) is 0.529. The maximum atomic E-state index is 12.5. The van der Waals surface area contributed by atoms with Crippen molar-refractivity contribution >= 4 is 45.3 Å². The van der Waals surface area contributed by atoms with Gasteiger partial charge in [-0.1, -0.05) is 6.08 Å². The van der Waals surface area contributed by atoms with E-state index in [2.05, 4.69) is 49.6 Å². The first kappa shape index (κ1) is 17.7. The van der Waals surface area contributed by atoms with Gasteiger partial charge in [-0.25, -0.2) is 14.6 Å². The predicted molar refractivity (Wildman–Crippen MR) is 107 cm³/mol. The van der Waals surface area contributed by atoms with Crippen LogP contribution >= 0.6 is 22.6 Å². The van der Waals surface area contributed by atoms with Crippen LogP contribution in [0.5, 0.6) is 0 Å². The molecule has 1 saturated heterocycles. The molecule has 2 aromatic rings. The number of nitrogens with two attached hydrogens (primary N) is 1. The average molecular weight is 467 g/mol. The highest BCUT2D eigenvalue weighted by atomic mass is 127. The molecule has 8 nitrogen and oxygen atoms in total. The van der Waals surface area contributed by atoms with Gasteiger partial charge in [-0.3, -0.25) is 9.69 Å². The lowest BCUT2D eigenvalue weighted by Gasteiger charge is -2.16. The van der Waals surface area contributed by atoms with Gasteiger partial charge in [0.15, 0.2) is 5.65 Å². The molecule has 1 unspecified atom stereocenters. The Balaban J connectivity index is 1.43. The topological polar surface area (TPSA) is 93.2 Å². The molecule has 2 N–H and O–H groups in total. The molecule has 138 valence electrons. The van der Waals surface area contributed by atoms with Crippen molar-refractivity contribution in [3.8, 4) is 0 Å². The van der Waals surface area contributed by atoms with Gasteiger partial charge in [0.05, 0.1) is 11.4 Å².